The van der Waals surface area contributed by atoms with Crippen LogP contribution in [0.15, 0.2) is 52.0 Å². The number of nitrogens with one attached hydrogen (secondary N) is 2. The van der Waals surface area contributed by atoms with E-state index in [1.807, 2.05) is 56.3 Å². The van der Waals surface area contributed by atoms with Gasteiger partial charge in [0.1, 0.15) is 5.75 Å². The van der Waals surface area contributed by atoms with E-state index in [-0.39, 0.29) is 12.5 Å². The largest absolute Gasteiger partial charge is 0.483 e. The molecule has 128 valence electrons. The first-order valence-corrected chi connectivity index (χ1v) is 8.62. The highest BCUT2D eigenvalue weighted by Crippen LogP contribution is 2.25. The maximum Gasteiger partial charge on any atom is 0.277 e. The zero-order valence-corrected chi connectivity index (χ0v) is 15.6. The molecule has 5 nitrogen and oxygen atoms in total. The standard InChI is InChI=1S/C19H18BrN3O2/c1-12-7-8-18(16(20)9-12)25-11-19(24)23-21-10-15-13(2)22-17-6-4-3-5-14(15)17/h3-10,22H,11H2,1-2H3,(H,23,24)/b21-10+. The van der Waals surface area contributed by atoms with E-state index in [2.05, 4.69) is 31.4 Å². The number of nitrogens with zero attached hydrogens (tertiary/aromatic N) is 1. The summed E-state index contributed by atoms with van der Waals surface area (Å²) in [4.78, 5) is 15.2. The second kappa shape index (κ2) is 7.53. The predicted molar refractivity (Wildman–Crippen MR) is 103 cm³/mol. The summed E-state index contributed by atoms with van der Waals surface area (Å²) in [6, 6.07) is 13.7. The molecule has 0 spiro atoms. The second-order valence-electron chi connectivity index (χ2n) is 5.72. The van der Waals surface area contributed by atoms with Crippen LogP contribution < -0.4 is 10.2 Å². The van der Waals surface area contributed by atoms with E-state index in [0.29, 0.717) is 5.75 Å². The number of carbonyl (C=O) groups excluding carboxylic acids is 1. The number of rotatable bonds is 5. The molecule has 0 atom stereocenters. The van der Waals surface area contributed by atoms with Gasteiger partial charge in [0, 0.05) is 22.2 Å². The van der Waals surface area contributed by atoms with Crippen molar-refractivity contribution >= 4 is 39.0 Å². The molecule has 1 heterocycles. The summed E-state index contributed by atoms with van der Waals surface area (Å²) < 4.78 is 6.31. The number of hydrogen-bond acceptors (Lipinski definition) is 3. The zero-order valence-electron chi connectivity index (χ0n) is 14.0. The SMILES string of the molecule is Cc1ccc(OCC(=O)N/N=C/c2c(C)[nH]c3ccccc23)c(Br)c1. The monoisotopic (exact) mass is 399 g/mol. The van der Waals surface area contributed by atoms with Gasteiger partial charge in [0.15, 0.2) is 6.61 Å². The van der Waals surface area contributed by atoms with Crippen LogP contribution in [0.2, 0.25) is 0 Å². The highest BCUT2D eigenvalue weighted by atomic mass is 79.9. The fraction of sp³-hybridized carbons (Fsp3) is 0.158. The lowest BCUT2D eigenvalue weighted by atomic mass is 10.1. The number of hydrogen-bond donors (Lipinski definition) is 2. The van der Waals surface area contributed by atoms with Crippen LogP contribution in [0.3, 0.4) is 0 Å². The van der Waals surface area contributed by atoms with Crippen LogP contribution >= 0.6 is 15.9 Å². The number of benzene rings is 2. The summed E-state index contributed by atoms with van der Waals surface area (Å²) >= 11 is 3.42. The summed E-state index contributed by atoms with van der Waals surface area (Å²) in [7, 11) is 0. The third-order valence-electron chi connectivity index (χ3n) is 3.77. The average Bonchev–Trinajstić information content (AvgIpc) is 2.90. The minimum absolute atomic E-state index is 0.105. The Morgan fingerprint density at radius 1 is 1.28 bits per heavy atom. The third kappa shape index (κ3) is 4.09. The molecule has 0 aliphatic heterocycles. The number of fused-ring (bicyclic) bond motifs is 1. The summed E-state index contributed by atoms with van der Waals surface area (Å²) in [5, 5.41) is 5.10. The smallest absolute Gasteiger partial charge is 0.277 e. The highest BCUT2D eigenvalue weighted by Gasteiger charge is 2.07. The van der Waals surface area contributed by atoms with Crippen LogP contribution in [0.25, 0.3) is 10.9 Å². The van der Waals surface area contributed by atoms with Gasteiger partial charge < -0.3 is 9.72 Å². The van der Waals surface area contributed by atoms with Crippen molar-refractivity contribution in [2.24, 2.45) is 5.10 Å². The van der Waals surface area contributed by atoms with E-state index in [0.717, 1.165) is 32.2 Å². The first-order chi connectivity index (χ1) is 12.0. The fourth-order valence-corrected chi connectivity index (χ4v) is 3.14. The quantitative estimate of drug-likeness (QED) is 0.501. The second-order valence-corrected chi connectivity index (χ2v) is 6.58. The highest BCUT2D eigenvalue weighted by molar-refractivity contribution is 9.10. The lowest BCUT2D eigenvalue weighted by molar-refractivity contribution is -0.123. The number of carbonyl (C=O) groups is 1. The number of hydrazone groups is 1. The zero-order chi connectivity index (χ0) is 17.8. The van der Waals surface area contributed by atoms with Crippen molar-refractivity contribution in [2.75, 3.05) is 6.61 Å². The number of amides is 1. The molecule has 0 radical (unpaired) electrons. The summed E-state index contributed by atoms with van der Waals surface area (Å²) in [6.07, 6.45) is 1.65. The van der Waals surface area contributed by atoms with Crippen molar-refractivity contribution in [3.05, 3.63) is 63.8 Å². The Morgan fingerprint density at radius 3 is 2.88 bits per heavy atom. The number of aromatic nitrogens is 1. The van der Waals surface area contributed by atoms with Crippen molar-refractivity contribution in [1.29, 1.82) is 0 Å². The Balaban J connectivity index is 1.60. The van der Waals surface area contributed by atoms with Gasteiger partial charge in [0.05, 0.1) is 10.7 Å². The maximum atomic E-state index is 11.9. The van der Waals surface area contributed by atoms with Crippen molar-refractivity contribution < 1.29 is 9.53 Å². The normalized spacial score (nSPS) is 11.2. The van der Waals surface area contributed by atoms with Gasteiger partial charge in [0.2, 0.25) is 0 Å². The summed E-state index contributed by atoms with van der Waals surface area (Å²) in [5.41, 5.74) is 6.60. The van der Waals surface area contributed by atoms with Gasteiger partial charge in [-0.05, 0) is 53.5 Å². The Kier molecular flexibility index (Phi) is 5.19. The van der Waals surface area contributed by atoms with Crippen molar-refractivity contribution in [2.45, 2.75) is 13.8 Å². The molecule has 2 N–H and O–H groups in total. The van der Waals surface area contributed by atoms with E-state index < -0.39 is 0 Å². The molecule has 0 fully saturated rings. The number of aryl methyl sites for hydroxylation is 2. The van der Waals surface area contributed by atoms with Crippen LogP contribution in [0.1, 0.15) is 16.8 Å². The third-order valence-corrected chi connectivity index (χ3v) is 4.39. The molecular formula is C19H18BrN3O2. The van der Waals surface area contributed by atoms with Crippen LogP contribution in [-0.4, -0.2) is 23.7 Å². The van der Waals surface area contributed by atoms with Crippen LogP contribution in [0, 0.1) is 13.8 Å². The minimum atomic E-state index is -0.318. The van der Waals surface area contributed by atoms with Gasteiger partial charge >= 0.3 is 0 Å². The van der Waals surface area contributed by atoms with E-state index >= 15 is 0 Å². The van der Waals surface area contributed by atoms with Gasteiger partial charge in [0.25, 0.3) is 5.91 Å². The van der Waals surface area contributed by atoms with Gasteiger partial charge in [-0.2, -0.15) is 5.10 Å². The Hall–Kier alpha value is -2.60. The molecule has 0 bridgehead atoms. The van der Waals surface area contributed by atoms with E-state index in [9.17, 15) is 4.79 Å². The van der Waals surface area contributed by atoms with Crippen LogP contribution in [0.4, 0.5) is 0 Å². The first kappa shape index (κ1) is 17.2. The van der Waals surface area contributed by atoms with E-state index in [4.69, 9.17) is 4.74 Å². The molecule has 6 heteroatoms. The van der Waals surface area contributed by atoms with E-state index in [1.165, 1.54) is 0 Å². The molecule has 0 saturated carbocycles. The maximum absolute atomic E-state index is 11.9. The Bertz CT molecular complexity index is 947. The van der Waals surface area contributed by atoms with Crippen molar-refractivity contribution in [3.63, 3.8) is 0 Å². The average molecular weight is 400 g/mol. The number of halogens is 1. The topological polar surface area (TPSA) is 66.5 Å². The number of aromatic amines is 1. The van der Waals surface area contributed by atoms with E-state index in [1.54, 1.807) is 6.21 Å². The van der Waals surface area contributed by atoms with Crippen LogP contribution in [0.5, 0.6) is 5.75 Å². The van der Waals surface area contributed by atoms with Crippen molar-refractivity contribution in [1.82, 2.24) is 10.4 Å². The molecule has 0 unspecified atom stereocenters. The Labute approximate surface area is 154 Å². The van der Waals surface area contributed by atoms with Gasteiger partial charge in [-0.1, -0.05) is 24.3 Å². The van der Waals surface area contributed by atoms with Gasteiger partial charge in [-0.3, -0.25) is 4.79 Å². The molecule has 0 saturated heterocycles. The Morgan fingerprint density at radius 2 is 2.08 bits per heavy atom. The molecule has 0 aliphatic rings. The molecule has 0 aliphatic carbocycles. The first-order valence-electron chi connectivity index (χ1n) is 7.83. The molecule has 1 amide bonds. The molecular weight excluding hydrogens is 382 g/mol. The lowest BCUT2D eigenvalue weighted by Gasteiger charge is -2.07. The summed E-state index contributed by atoms with van der Waals surface area (Å²) in [6.45, 7) is 3.86. The minimum Gasteiger partial charge on any atom is -0.483 e. The molecule has 2 aromatic carbocycles. The van der Waals surface area contributed by atoms with Crippen LogP contribution in [-0.2, 0) is 4.79 Å². The summed E-state index contributed by atoms with van der Waals surface area (Å²) in [5.74, 6) is 0.304. The lowest BCUT2D eigenvalue weighted by Crippen LogP contribution is -2.24. The van der Waals surface area contributed by atoms with Gasteiger partial charge in [-0.15, -0.1) is 0 Å². The molecule has 1 aromatic heterocycles. The number of para-hydroxylation sites is 1. The molecule has 25 heavy (non-hydrogen) atoms. The molecule has 3 rings (SSSR count). The number of ether oxygens (including phenoxy) is 1. The van der Waals surface area contributed by atoms with Crippen molar-refractivity contribution in [3.8, 4) is 5.75 Å². The fourth-order valence-electron chi connectivity index (χ4n) is 2.53. The predicted octanol–water partition coefficient (Wildman–Crippen LogP) is 4.08. The van der Waals surface area contributed by atoms with Gasteiger partial charge in [-0.25, -0.2) is 5.43 Å². The molecule has 3 aromatic rings. The number of H-pyrrole nitrogens is 1.